The van der Waals surface area contributed by atoms with Crippen LogP contribution in [0.3, 0.4) is 0 Å². The second-order valence-electron chi connectivity index (χ2n) is 5.94. The molecule has 136 valence electrons. The molecule has 0 aromatic carbocycles. The van der Waals surface area contributed by atoms with E-state index >= 15 is 0 Å². The van der Waals surface area contributed by atoms with Gasteiger partial charge >= 0.3 is 5.97 Å². The van der Waals surface area contributed by atoms with Crippen molar-refractivity contribution in [1.82, 2.24) is 9.97 Å². The quantitative estimate of drug-likeness (QED) is 0.473. The van der Waals surface area contributed by atoms with Gasteiger partial charge in [0, 0.05) is 24.4 Å². The second kappa shape index (κ2) is 7.63. The fourth-order valence-electron chi connectivity index (χ4n) is 2.90. The van der Waals surface area contributed by atoms with Crippen molar-refractivity contribution in [2.75, 3.05) is 18.0 Å². The van der Waals surface area contributed by atoms with Crippen molar-refractivity contribution in [3.8, 4) is 11.5 Å². The molecule has 9 nitrogen and oxygen atoms in total. The molecule has 3 heterocycles. The van der Waals surface area contributed by atoms with Gasteiger partial charge in [-0.25, -0.2) is 9.97 Å². The summed E-state index contributed by atoms with van der Waals surface area (Å²) in [6.45, 7) is 2.96. The van der Waals surface area contributed by atoms with E-state index in [0.717, 1.165) is 0 Å². The van der Waals surface area contributed by atoms with Crippen LogP contribution in [0.15, 0.2) is 21.8 Å². The summed E-state index contributed by atoms with van der Waals surface area (Å²) in [6.07, 6.45) is 3.30. The number of carboxylic acid groups (broad SMARTS) is 1. The number of hydrogen-bond donors (Lipinski definition) is 1. The van der Waals surface area contributed by atoms with Crippen LogP contribution in [0.25, 0.3) is 21.9 Å². The number of anilines is 1. The van der Waals surface area contributed by atoms with Gasteiger partial charge in [-0.15, -0.1) is 0 Å². The monoisotopic (exact) mass is 376 g/mol. The molecule has 0 amide bonds. The van der Waals surface area contributed by atoms with Crippen LogP contribution in [0.2, 0.25) is 5.02 Å². The van der Waals surface area contributed by atoms with Crippen molar-refractivity contribution >= 4 is 29.2 Å². The molecule has 0 bridgehead atoms. The summed E-state index contributed by atoms with van der Waals surface area (Å²) in [6, 6.07) is 1.61. The molecule has 1 aliphatic rings. The van der Waals surface area contributed by atoms with Gasteiger partial charge < -0.3 is 14.4 Å². The van der Waals surface area contributed by atoms with E-state index in [1.807, 2.05) is 11.8 Å². The Balaban J connectivity index is 1.94. The molecule has 0 radical (unpaired) electrons. The molecule has 2 aromatic rings. The van der Waals surface area contributed by atoms with Gasteiger partial charge in [-0.2, -0.15) is 0 Å². The minimum atomic E-state index is -0.788. The average molecular weight is 377 g/mol. The van der Waals surface area contributed by atoms with Crippen molar-refractivity contribution in [3.63, 3.8) is 0 Å². The number of nitrogens with zero attached hydrogens (tertiary/aromatic N) is 6. The number of carboxylic acids is 1. The lowest BCUT2D eigenvalue weighted by Crippen LogP contribution is -2.36. The van der Waals surface area contributed by atoms with Gasteiger partial charge in [0.05, 0.1) is 22.7 Å². The number of aryl methyl sites for hydroxylation is 1. The fourth-order valence-corrected chi connectivity index (χ4v) is 3.17. The highest BCUT2D eigenvalue weighted by molar-refractivity contribution is 6.33. The Labute approximate surface area is 154 Å². The van der Waals surface area contributed by atoms with Crippen LogP contribution in [-0.4, -0.2) is 34.1 Å². The fraction of sp³-hybridized carbons (Fsp3) is 0.438. The Bertz CT molecular complexity index is 869. The Morgan fingerprint density at radius 3 is 2.85 bits per heavy atom. The normalized spacial score (nSPS) is 14.9. The Kier molecular flexibility index (Phi) is 5.29. The number of pyridine rings is 1. The number of aromatic nitrogens is 2. The average Bonchev–Trinajstić information content (AvgIpc) is 3.12. The number of piperidine rings is 1. The molecule has 1 N–H and O–H groups in total. The highest BCUT2D eigenvalue weighted by Crippen LogP contribution is 2.37. The van der Waals surface area contributed by atoms with Crippen molar-refractivity contribution in [2.45, 2.75) is 26.2 Å². The number of halogens is 1. The molecule has 2 aromatic heterocycles. The molecule has 0 unspecified atom stereocenters. The first kappa shape index (κ1) is 18.0. The van der Waals surface area contributed by atoms with E-state index in [1.54, 1.807) is 12.3 Å². The van der Waals surface area contributed by atoms with Crippen LogP contribution in [0.1, 0.15) is 25.5 Å². The summed E-state index contributed by atoms with van der Waals surface area (Å²) in [5.41, 5.74) is 9.28. The molecular weight excluding hydrogens is 360 g/mol. The van der Waals surface area contributed by atoms with Crippen LogP contribution in [0.4, 0.5) is 11.6 Å². The molecule has 0 saturated carbocycles. The molecule has 0 spiro atoms. The first-order valence-electron chi connectivity index (χ1n) is 8.22. The lowest BCUT2D eigenvalue weighted by molar-refractivity contribution is -0.142. The number of aliphatic carboxylic acids is 1. The first-order chi connectivity index (χ1) is 12.5. The number of carbonyl (C=O) groups is 1. The lowest BCUT2D eigenvalue weighted by atomic mass is 9.97. The minimum Gasteiger partial charge on any atom is -0.481 e. The van der Waals surface area contributed by atoms with Gasteiger partial charge in [-0.05, 0) is 29.6 Å². The molecule has 0 aliphatic carbocycles. The smallest absolute Gasteiger partial charge is 0.306 e. The Morgan fingerprint density at radius 1 is 1.54 bits per heavy atom. The van der Waals surface area contributed by atoms with Gasteiger partial charge in [-0.3, -0.25) is 4.79 Å². The maximum absolute atomic E-state index is 11.1. The molecule has 0 atom stereocenters. The SMILES string of the molecule is CCc1cnc(-c2cc(Cl)c(N3CCC(C(=O)O)CC3)nc2N=[N+]=[N-])o1. The molecule has 1 aliphatic heterocycles. The van der Waals surface area contributed by atoms with Crippen LogP contribution in [-0.2, 0) is 11.2 Å². The van der Waals surface area contributed by atoms with E-state index < -0.39 is 5.97 Å². The predicted molar refractivity (Wildman–Crippen MR) is 95.5 cm³/mol. The molecule has 1 fully saturated rings. The van der Waals surface area contributed by atoms with E-state index in [1.165, 1.54) is 0 Å². The van der Waals surface area contributed by atoms with E-state index in [0.29, 0.717) is 54.5 Å². The van der Waals surface area contributed by atoms with Crippen LogP contribution >= 0.6 is 11.6 Å². The minimum absolute atomic E-state index is 0.122. The third kappa shape index (κ3) is 3.58. The largest absolute Gasteiger partial charge is 0.481 e. The molecular formula is C16H17ClN6O3. The number of azide groups is 1. The van der Waals surface area contributed by atoms with Gasteiger partial charge in [0.15, 0.2) is 0 Å². The van der Waals surface area contributed by atoms with Crippen LogP contribution in [0, 0.1) is 5.92 Å². The van der Waals surface area contributed by atoms with Crippen LogP contribution < -0.4 is 4.90 Å². The van der Waals surface area contributed by atoms with E-state index in [4.69, 9.17) is 26.7 Å². The zero-order valence-electron chi connectivity index (χ0n) is 14.1. The van der Waals surface area contributed by atoms with E-state index in [-0.39, 0.29) is 17.6 Å². The highest BCUT2D eigenvalue weighted by atomic mass is 35.5. The maximum atomic E-state index is 11.1. The Hall–Kier alpha value is -2.77. The van der Waals surface area contributed by atoms with E-state index in [2.05, 4.69) is 20.0 Å². The second-order valence-corrected chi connectivity index (χ2v) is 6.35. The van der Waals surface area contributed by atoms with Gasteiger partial charge in [-0.1, -0.05) is 18.5 Å². The maximum Gasteiger partial charge on any atom is 0.306 e. The summed E-state index contributed by atoms with van der Waals surface area (Å²) in [5, 5.41) is 13.1. The van der Waals surface area contributed by atoms with Crippen molar-refractivity contribution in [2.24, 2.45) is 11.0 Å². The molecule has 3 rings (SSSR count). The zero-order valence-corrected chi connectivity index (χ0v) is 14.8. The summed E-state index contributed by atoms with van der Waals surface area (Å²) in [5.74, 6) is 0.420. The summed E-state index contributed by atoms with van der Waals surface area (Å²) in [7, 11) is 0. The standard InChI is InChI=1S/C16H17ClN6O3/c1-2-10-8-19-15(26-10)11-7-12(17)14(20-13(11)21-22-18)23-5-3-9(4-6-23)16(24)25/h7-9H,2-6H2,1H3,(H,24,25). The Morgan fingerprint density at radius 2 is 2.27 bits per heavy atom. The van der Waals surface area contributed by atoms with Crippen molar-refractivity contribution in [1.29, 1.82) is 0 Å². The number of rotatable bonds is 5. The van der Waals surface area contributed by atoms with E-state index in [9.17, 15) is 4.79 Å². The molecule has 1 saturated heterocycles. The predicted octanol–water partition coefficient (Wildman–Crippen LogP) is 4.20. The highest BCUT2D eigenvalue weighted by Gasteiger charge is 2.27. The van der Waals surface area contributed by atoms with Crippen molar-refractivity contribution in [3.05, 3.63) is 33.5 Å². The number of hydrogen-bond acceptors (Lipinski definition) is 6. The third-order valence-electron chi connectivity index (χ3n) is 4.35. The molecule has 10 heteroatoms. The summed E-state index contributed by atoms with van der Waals surface area (Å²) >= 11 is 6.40. The van der Waals surface area contributed by atoms with Gasteiger partial charge in [0.2, 0.25) is 5.89 Å². The van der Waals surface area contributed by atoms with Crippen molar-refractivity contribution < 1.29 is 14.3 Å². The van der Waals surface area contributed by atoms with Crippen LogP contribution in [0.5, 0.6) is 0 Å². The first-order valence-corrected chi connectivity index (χ1v) is 8.59. The lowest BCUT2D eigenvalue weighted by Gasteiger charge is -2.31. The molecule has 26 heavy (non-hydrogen) atoms. The zero-order chi connectivity index (χ0) is 18.7. The van der Waals surface area contributed by atoms with Gasteiger partial charge in [0.25, 0.3) is 0 Å². The number of oxazole rings is 1. The summed E-state index contributed by atoms with van der Waals surface area (Å²) < 4.78 is 5.61. The third-order valence-corrected chi connectivity index (χ3v) is 4.63. The van der Waals surface area contributed by atoms with Gasteiger partial charge in [0.1, 0.15) is 17.4 Å². The topological polar surface area (TPSA) is 128 Å². The summed E-state index contributed by atoms with van der Waals surface area (Å²) in [4.78, 5) is 24.4.